The summed E-state index contributed by atoms with van der Waals surface area (Å²) in [6, 6.07) is 44.7. The molecule has 0 atom stereocenters. The molecule has 2 aromatic heterocycles. The van der Waals surface area contributed by atoms with E-state index in [0.717, 1.165) is 82.7 Å². The number of nitrogens with two attached hydrogens (primary N) is 1. The molecule has 0 aliphatic carbocycles. The maximum absolute atomic E-state index is 6.34. The number of hydrogen-bond donors (Lipinski definition) is 1. The van der Waals surface area contributed by atoms with Crippen LogP contribution >= 0.6 is 0 Å². The smallest absolute Gasteiger partial charge is 0.222 e. The van der Waals surface area contributed by atoms with Crippen LogP contribution in [0.2, 0.25) is 0 Å². The summed E-state index contributed by atoms with van der Waals surface area (Å²) in [4.78, 5) is 16.6. The molecule has 0 unspecified atom stereocenters. The number of aromatic nitrogens is 2. The van der Waals surface area contributed by atoms with E-state index in [9.17, 15) is 0 Å². The standard InChI is InChI=1S/C27H33N3O.C23H26N2O/c1-5-30(4)20-28-25-19-24(22-14-8-6-9-15-22)27(31-18-12-13-21(2)3)29-26(25)23-16-10-7-11-17-23;1-17(2)10-9-15-26-23-20(18-11-5-3-6-12-18)16-21(24)22(25-23)19-13-7-4-8-14-19/h6-11,14-17,19-21H,5,12-13,18H2,1-4H3;3-8,11-14,16-17H,9-10,15,24H2,1-2H3. The Labute approximate surface area is 340 Å². The van der Waals surface area contributed by atoms with Crippen molar-refractivity contribution in [3.8, 4) is 56.5 Å². The van der Waals surface area contributed by atoms with Gasteiger partial charge >= 0.3 is 0 Å². The molecule has 57 heavy (non-hydrogen) atoms. The van der Waals surface area contributed by atoms with Gasteiger partial charge in [0.2, 0.25) is 11.8 Å². The minimum atomic E-state index is 0.646. The zero-order chi connectivity index (χ0) is 40.4. The highest BCUT2D eigenvalue weighted by molar-refractivity contribution is 5.83. The average Bonchev–Trinajstić information content (AvgIpc) is 3.24. The van der Waals surface area contributed by atoms with Gasteiger partial charge in [-0.25, -0.2) is 15.0 Å². The topological polar surface area (TPSA) is 85.9 Å². The van der Waals surface area contributed by atoms with Gasteiger partial charge in [0.25, 0.3) is 0 Å². The molecule has 0 saturated heterocycles. The normalized spacial score (nSPS) is 11.1. The van der Waals surface area contributed by atoms with Gasteiger partial charge in [-0.2, -0.15) is 0 Å². The van der Waals surface area contributed by atoms with E-state index in [2.05, 4.69) is 77.1 Å². The highest BCUT2D eigenvalue weighted by Gasteiger charge is 2.17. The Balaban J connectivity index is 0.000000221. The van der Waals surface area contributed by atoms with Crippen molar-refractivity contribution in [3.63, 3.8) is 0 Å². The van der Waals surface area contributed by atoms with Gasteiger partial charge < -0.3 is 20.1 Å². The van der Waals surface area contributed by atoms with Gasteiger partial charge in [0.15, 0.2) is 0 Å². The summed E-state index contributed by atoms with van der Waals surface area (Å²) < 4.78 is 12.3. The molecule has 0 spiro atoms. The molecule has 0 fully saturated rings. The van der Waals surface area contributed by atoms with Gasteiger partial charge in [0.05, 0.1) is 36.6 Å². The number of pyridine rings is 2. The third-order valence-corrected chi connectivity index (χ3v) is 9.47. The van der Waals surface area contributed by atoms with E-state index in [1.54, 1.807) is 0 Å². The molecule has 296 valence electrons. The van der Waals surface area contributed by atoms with Crippen LogP contribution in [0.4, 0.5) is 11.4 Å². The number of nitrogen functional groups attached to an aromatic ring is 1. The molecule has 0 aliphatic heterocycles. The van der Waals surface area contributed by atoms with Crippen LogP contribution in [0.1, 0.15) is 60.3 Å². The largest absolute Gasteiger partial charge is 0.477 e. The lowest BCUT2D eigenvalue weighted by atomic mass is 10.0. The Hall–Kier alpha value is -5.95. The Bertz CT molecular complexity index is 2100. The average molecular weight is 762 g/mol. The van der Waals surface area contributed by atoms with Crippen molar-refractivity contribution in [2.24, 2.45) is 16.8 Å². The molecule has 0 radical (unpaired) electrons. The van der Waals surface area contributed by atoms with E-state index in [1.165, 1.54) is 0 Å². The highest BCUT2D eigenvalue weighted by Crippen LogP contribution is 2.39. The van der Waals surface area contributed by atoms with Gasteiger partial charge in [-0.1, -0.05) is 149 Å². The van der Waals surface area contributed by atoms with Crippen molar-refractivity contribution in [2.45, 2.75) is 60.3 Å². The quantitative estimate of drug-likeness (QED) is 0.0566. The number of anilines is 1. The van der Waals surface area contributed by atoms with E-state index in [1.807, 2.05) is 109 Å². The van der Waals surface area contributed by atoms with Crippen molar-refractivity contribution >= 4 is 17.7 Å². The zero-order valence-corrected chi connectivity index (χ0v) is 34.6. The predicted molar refractivity (Wildman–Crippen MR) is 240 cm³/mol. The summed E-state index contributed by atoms with van der Waals surface area (Å²) in [7, 11) is 2.02. The van der Waals surface area contributed by atoms with Gasteiger partial charge in [-0.05, 0) is 67.7 Å². The van der Waals surface area contributed by atoms with E-state index in [4.69, 9.17) is 30.2 Å². The molecule has 6 aromatic rings. The van der Waals surface area contributed by atoms with Crippen LogP contribution in [0.15, 0.2) is 138 Å². The Morgan fingerprint density at radius 3 is 1.44 bits per heavy atom. The second-order valence-electron chi connectivity index (χ2n) is 15.0. The van der Waals surface area contributed by atoms with Crippen LogP contribution < -0.4 is 15.2 Å². The molecule has 4 aromatic carbocycles. The lowest BCUT2D eigenvalue weighted by Gasteiger charge is -2.16. The molecule has 0 amide bonds. The molecule has 0 bridgehead atoms. The molecule has 2 heterocycles. The molecular formula is C50H59N5O2. The Kier molecular flexibility index (Phi) is 16.3. The molecule has 2 N–H and O–H groups in total. The molecule has 0 saturated carbocycles. The number of rotatable bonds is 17. The summed E-state index contributed by atoms with van der Waals surface area (Å²) in [5, 5.41) is 0. The lowest BCUT2D eigenvalue weighted by Crippen LogP contribution is -2.14. The number of benzene rings is 4. The van der Waals surface area contributed by atoms with E-state index < -0.39 is 0 Å². The SMILES string of the molecule is CC(C)CCCOc1nc(-c2ccccc2)c(N)cc1-c1ccccc1.CCN(C)C=Nc1cc(-c2ccccc2)c(OCCCC(C)C)nc1-c1ccccc1. The highest BCUT2D eigenvalue weighted by atomic mass is 16.5. The minimum Gasteiger partial charge on any atom is -0.477 e. The van der Waals surface area contributed by atoms with Crippen molar-refractivity contribution < 1.29 is 9.47 Å². The maximum Gasteiger partial charge on any atom is 0.222 e. The van der Waals surface area contributed by atoms with Crippen LogP contribution in [0.25, 0.3) is 44.8 Å². The molecule has 7 heteroatoms. The van der Waals surface area contributed by atoms with Crippen molar-refractivity contribution in [3.05, 3.63) is 133 Å². The van der Waals surface area contributed by atoms with Crippen LogP contribution in [0.3, 0.4) is 0 Å². The van der Waals surface area contributed by atoms with Crippen LogP contribution in [0, 0.1) is 11.8 Å². The predicted octanol–water partition coefficient (Wildman–Crippen LogP) is 12.7. The van der Waals surface area contributed by atoms with Gasteiger partial charge in [0, 0.05) is 35.8 Å². The third kappa shape index (κ3) is 12.8. The first-order valence-corrected chi connectivity index (χ1v) is 20.3. The fourth-order valence-electron chi connectivity index (χ4n) is 6.16. The first kappa shape index (κ1) is 42.2. The third-order valence-electron chi connectivity index (χ3n) is 9.47. The monoisotopic (exact) mass is 761 g/mol. The van der Waals surface area contributed by atoms with Crippen LogP contribution in [0.5, 0.6) is 11.8 Å². The molecule has 6 rings (SSSR count). The fraction of sp³-hybridized carbons (Fsp3) is 0.300. The Morgan fingerprint density at radius 1 is 0.596 bits per heavy atom. The summed E-state index contributed by atoms with van der Waals surface area (Å²) in [6.45, 7) is 13.2. The zero-order valence-electron chi connectivity index (χ0n) is 34.6. The van der Waals surface area contributed by atoms with Gasteiger partial charge in [-0.3, -0.25) is 0 Å². The number of aliphatic imine (C=N–C) groups is 1. The number of ether oxygens (including phenoxy) is 2. The summed E-state index contributed by atoms with van der Waals surface area (Å²) in [5.41, 5.74) is 15.5. The number of hydrogen-bond acceptors (Lipinski definition) is 6. The van der Waals surface area contributed by atoms with E-state index in [0.29, 0.717) is 42.5 Å². The van der Waals surface area contributed by atoms with Crippen molar-refractivity contribution in [1.82, 2.24) is 14.9 Å². The lowest BCUT2D eigenvalue weighted by molar-refractivity contribution is 0.289. The second kappa shape index (κ2) is 22.0. The molecule has 7 nitrogen and oxygen atoms in total. The minimum absolute atomic E-state index is 0.646. The van der Waals surface area contributed by atoms with Crippen LogP contribution in [-0.2, 0) is 0 Å². The first-order chi connectivity index (χ1) is 27.7. The first-order valence-electron chi connectivity index (χ1n) is 20.3. The van der Waals surface area contributed by atoms with Gasteiger partial charge in [-0.15, -0.1) is 0 Å². The summed E-state index contributed by atoms with van der Waals surface area (Å²) in [6.07, 6.45) is 6.16. The van der Waals surface area contributed by atoms with E-state index in [-0.39, 0.29) is 0 Å². The van der Waals surface area contributed by atoms with Crippen LogP contribution in [-0.4, -0.2) is 48.0 Å². The van der Waals surface area contributed by atoms with Crippen molar-refractivity contribution in [2.75, 3.05) is 32.5 Å². The summed E-state index contributed by atoms with van der Waals surface area (Å²) in [5.74, 6) is 2.65. The molecular weight excluding hydrogens is 703 g/mol. The second-order valence-corrected chi connectivity index (χ2v) is 15.0. The maximum atomic E-state index is 6.34. The van der Waals surface area contributed by atoms with Gasteiger partial charge in [0.1, 0.15) is 5.69 Å². The number of nitrogens with zero attached hydrogens (tertiary/aromatic N) is 4. The Morgan fingerprint density at radius 2 is 1.00 bits per heavy atom. The fourth-order valence-corrected chi connectivity index (χ4v) is 6.16. The molecule has 0 aliphatic rings. The van der Waals surface area contributed by atoms with E-state index >= 15 is 0 Å². The summed E-state index contributed by atoms with van der Waals surface area (Å²) >= 11 is 0. The van der Waals surface area contributed by atoms with Crippen molar-refractivity contribution in [1.29, 1.82) is 0 Å².